The third-order valence-electron chi connectivity index (χ3n) is 2.15. The molecule has 0 rings (SSSR count). The summed E-state index contributed by atoms with van der Waals surface area (Å²) in [6, 6.07) is 0. The van der Waals surface area contributed by atoms with Crippen LogP contribution in [0.4, 0.5) is 0 Å². The van der Waals surface area contributed by atoms with Crippen LogP contribution in [-0.2, 0) is 14.3 Å². The molecule has 0 bridgehead atoms. The molecule has 16 heavy (non-hydrogen) atoms. The fourth-order valence-corrected chi connectivity index (χ4v) is 1.51. The molecule has 0 aliphatic carbocycles. The van der Waals surface area contributed by atoms with E-state index in [0.29, 0.717) is 31.7 Å². The lowest BCUT2D eigenvalue weighted by atomic mass is 9.98. The van der Waals surface area contributed by atoms with Gasteiger partial charge in [0.2, 0.25) is 0 Å². The zero-order chi connectivity index (χ0) is 12.6. The highest BCUT2D eigenvalue weighted by Crippen LogP contribution is 2.14. The van der Waals surface area contributed by atoms with Crippen molar-refractivity contribution in [3.8, 4) is 0 Å². The first kappa shape index (κ1) is 15.4. The van der Waals surface area contributed by atoms with E-state index in [2.05, 4.69) is 27.7 Å². The molecular weight excluding hydrogens is 204 g/mol. The number of hydrogen-bond donors (Lipinski definition) is 0. The van der Waals surface area contributed by atoms with Crippen LogP contribution in [-0.4, -0.2) is 25.8 Å². The zero-order valence-electron chi connectivity index (χ0n) is 11.3. The van der Waals surface area contributed by atoms with Crippen molar-refractivity contribution in [2.45, 2.75) is 41.0 Å². The standard InChI is InChI=1S/C13H26O3/c1-6-16-13(14)12(7-10(2)3)9-15-8-11(4)5/h10-12H,6-9H2,1-5H3. The van der Waals surface area contributed by atoms with E-state index in [-0.39, 0.29) is 11.9 Å². The summed E-state index contributed by atoms with van der Waals surface area (Å²) >= 11 is 0. The van der Waals surface area contributed by atoms with Gasteiger partial charge in [-0.2, -0.15) is 0 Å². The molecule has 3 nitrogen and oxygen atoms in total. The van der Waals surface area contributed by atoms with Gasteiger partial charge in [-0.05, 0) is 25.2 Å². The summed E-state index contributed by atoms with van der Waals surface area (Å²) < 4.78 is 10.6. The van der Waals surface area contributed by atoms with Crippen LogP contribution < -0.4 is 0 Å². The summed E-state index contributed by atoms with van der Waals surface area (Å²) in [5.41, 5.74) is 0. The quantitative estimate of drug-likeness (QED) is 0.601. The minimum Gasteiger partial charge on any atom is -0.466 e. The highest BCUT2D eigenvalue weighted by Gasteiger charge is 2.21. The first-order valence-electron chi connectivity index (χ1n) is 6.21. The minimum atomic E-state index is -0.125. The van der Waals surface area contributed by atoms with E-state index in [1.165, 1.54) is 0 Å². The maximum atomic E-state index is 11.7. The van der Waals surface area contributed by atoms with Gasteiger partial charge in [-0.15, -0.1) is 0 Å². The smallest absolute Gasteiger partial charge is 0.311 e. The van der Waals surface area contributed by atoms with Crippen molar-refractivity contribution < 1.29 is 14.3 Å². The fourth-order valence-electron chi connectivity index (χ4n) is 1.51. The lowest BCUT2D eigenvalue weighted by molar-refractivity contribution is -0.151. The molecule has 1 atom stereocenters. The summed E-state index contributed by atoms with van der Waals surface area (Å²) in [4.78, 5) is 11.7. The van der Waals surface area contributed by atoms with Gasteiger partial charge in [0, 0.05) is 6.61 Å². The van der Waals surface area contributed by atoms with Gasteiger partial charge in [-0.25, -0.2) is 0 Å². The van der Waals surface area contributed by atoms with Gasteiger partial charge in [0.1, 0.15) is 0 Å². The molecule has 0 aromatic rings. The van der Waals surface area contributed by atoms with E-state index in [4.69, 9.17) is 9.47 Å². The second-order valence-electron chi connectivity index (χ2n) is 5.01. The van der Waals surface area contributed by atoms with Crippen LogP contribution in [0.15, 0.2) is 0 Å². The SMILES string of the molecule is CCOC(=O)C(COCC(C)C)CC(C)C. The average molecular weight is 230 g/mol. The summed E-state index contributed by atoms with van der Waals surface area (Å²) in [6.07, 6.45) is 0.830. The number of rotatable bonds is 8. The molecule has 96 valence electrons. The topological polar surface area (TPSA) is 35.5 Å². The maximum Gasteiger partial charge on any atom is 0.311 e. The molecule has 0 spiro atoms. The molecule has 0 aliphatic heterocycles. The van der Waals surface area contributed by atoms with Crippen molar-refractivity contribution in [2.75, 3.05) is 19.8 Å². The summed E-state index contributed by atoms with van der Waals surface area (Å²) in [5, 5.41) is 0. The van der Waals surface area contributed by atoms with Crippen LogP contribution >= 0.6 is 0 Å². The molecule has 0 fully saturated rings. The summed E-state index contributed by atoms with van der Waals surface area (Å²) in [5.74, 6) is 0.748. The predicted molar refractivity (Wildman–Crippen MR) is 65.2 cm³/mol. The number of esters is 1. The Kier molecular flexibility index (Phi) is 8.26. The Morgan fingerprint density at radius 3 is 2.12 bits per heavy atom. The van der Waals surface area contributed by atoms with Gasteiger partial charge in [0.15, 0.2) is 0 Å². The molecule has 0 aromatic heterocycles. The normalized spacial score (nSPS) is 13.2. The molecule has 0 aromatic carbocycles. The molecule has 0 heterocycles. The Morgan fingerprint density at radius 1 is 1.06 bits per heavy atom. The highest BCUT2D eigenvalue weighted by molar-refractivity contribution is 5.72. The molecule has 3 heteroatoms. The van der Waals surface area contributed by atoms with E-state index in [1.54, 1.807) is 0 Å². The van der Waals surface area contributed by atoms with E-state index in [0.717, 1.165) is 6.42 Å². The van der Waals surface area contributed by atoms with Gasteiger partial charge in [0.05, 0.1) is 19.1 Å². The van der Waals surface area contributed by atoms with Crippen molar-refractivity contribution in [1.82, 2.24) is 0 Å². The second kappa shape index (κ2) is 8.57. The van der Waals surface area contributed by atoms with Gasteiger partial charge >= 0.3 is 5.97 Å². The monoisotopic (exact) mass is 230 g/mol. The van der Waals surface area contributed by atoms with Crippen molar-refractivity contribution in [2.24, 2.45) is 17.8 Å². The molecule has 1 unspecified atom stereocenters. The third-order valence-corrected chi connectivity index (χ3v) is 2.15. The molecular formula is C13H26O3. The van der Waals surface area contributed by atoms with Crippen molar-refractivity contribution in [3.63, 3.8) is 0 Å². The molecule has 0 saturated heterocycles. The van der Waals surface area contributed by atoms with Crippen LogP contribution in [0.1, 0.15) is 41.0 Å². The van der Waals surface area contributed by atoms with Crippen molar-refractivity contribution in [1.29, 1.82) is 0 Å². The fraction of sp³-hybridized carbons (Fsp3) is 0.923. The Morgan fingerprint density at radius 2 is 1.69 bits per heavy atom. The second-order valence-corrected chi connectivity index (χ2v) is 5.01. The number of carbonyl (C=O) groups excluding carboxylic acids is 1. The maximum absolute atomic E-state index is 11.7. The van der Waals surface area contributed by atoms with E-state index < -0.39 is 0 Å². The van der Waals surface area contributed by atoms with Crippen LogP contribution in [0, 0.1) is 17.8 Å². The van der Waals surface area contributed by atoms with Crippen LogP contribution in [0.2, 0.25) is 0 Å². The van der Waals surface area contributed by atoms with Gasteiger partial charge < -0.3 is 9.47 Å². The number of ether oxygens (including phenoxy) is 2. The Hall–Kier alpha value is -0.570. The van der Waals surface area contributed by atoms with E-state index >= 15 is 0 Å². The summed E-state index contributed by atoms with van der Waals surface area (Å²) in [6.45, 7) is 11.9. The number of carbonyl (C=O) groups is 1. The Balaban J connectivity index is 4.04. The molecule has 0 N–H and O–H groups in total. The van der Waals surface area contributed by atoms with Crippen LogP contribution in [0.25, 0.3) is 0 Å². The minimum absolute atomic E-state index is 0.112. The first-order valence-corrected chi connectivity index (χ1v) is 6.21. The Labute approximate surface area is 99.5 Å². The van der Waals surface area contributed by atoms with E-state index in [1.807, 2.05) is 6.92 Å². The first-order chi connectivity index (χ1) is 7.47. The van der Waals surface area contributed by atoms with Crippen molar-refractivity contribution >= 4 is 5.97 Å². The zero-order valence-corrected chi connectivity index (χ0v) is 11.3. The Bertz CT molecular complexity index is 188. The molecule has 0 aliphatic rings. The highest BCUT2D eigenvalue weighted by atomic mass is 16.5. The molecule has 0 amide bonds. The van der Waals surface area contributed by atoms with Gasteiger partial charge in [-0.3, -0.25) is 4.79 Å². The molecule has 0 saturated carbocycles. The number of hydrogen-bond acceptors (Lipinski definition) is 3. The largest absolute Gasteiger partial charge is 0.466 e. The molecule has 0 radical (unpaired) electrons. The summed E-state index contributed by atoms with van der Waals surface area (Å²) in [7, 11) is 0. The van der Waals surface area contributed by atoms with Crippen molar-refractivity contribution in [3.05, 3.63) is 0 Å². The lowest BCUT2D eigenvalue weighted by Crippen LogP contribution is -2.25. The van der Waals surface area contributed by atoms with Gasteiger partial charge in [0.25, 0.3) is 0 Å². The van der Waals surface area contributed by atoms with Gasteiger partial charge in [-0.1, -0.05) is 27.7 Å². The van der Waals surface area contributed by atoms with Crippen LogP contribution in [0.3, 0.4) is 0 Å². The van der Waals surface area contributed by atoms with Crippen LogP contribution in [0.5, 0.6) is 0 Å². The average Bonchev–Trinajstić information content (AvgIpc) is 2.15. The third kappa shape index (κ3) is 7.69. The predicted octanol–water partition coefficient (Wildman–Crippen LogP) is 2.88. The van der Waals surface area contributed by atoms with E-state index in [9.17, 15) is 4.79 Å². The lowest BCUT2D eigenvalue weighted by Gasteiger charge is -2.18.